The molecule has 2 aromatic carbocycles. The van der Waals surface area contributed by atoms with E-state index in [1.54, 1.807) is 42.5 Å². The highest BCUT2D eigenvalue weighted by Crippen LogP contribution is 2.39. The average Bonchev–Trinajstić information content (AvgIpc) is 2.85. The Labute approximate surface area is 169 Å². The van der Waals surface area contributed by atoms with E-state index >= 15 is 0 Å². The van der Waals surface area contributed by atoms with Crippen LogP contribution < -0.4 is 9.64 Å². The van der Waals surface area contributed by atoms with E-state index in [1.165, 1.54) is 23.8 Å². The van der Waals surface area contributed by atoms with Gasteiger partial charge in [-0.2, -0.15) is 0 Å². The van der Waals surface area contributed by atoms with Crippen LogP contribution >= 0.6 is 58.8 Å². The normalized spacial score (nSPS) is 16.0. The number of hydrogen-bond donors (Lipinski definition) is 0. The molecule has 0 aromatic heterocycles. The minimum Gasteiger partial charge on any atom is -0.495 e. The van der Waals surface area contributed by atoms with Gasteiger partial charge in [-0.3, -0.25) is 9.69 Å². The van der Waals surface area contributed by atoms with Crippen LogP contribution in [0.2, 0.25) is 15.1 Å². The van der Waals surface area contributed by atoms with Gasteiger partial charge in [0.05, 0.1) is 22.7 Å². The molecule has 1 aliphatic heterocycles. The van der Waals surface area contributed by atoms with E-state index in [2.05, 4.69) is 0 Å². The van der Waals surface area contributed by atoms with Gasteiger partial charge >= 0.3 is 0 Å². The largest absolute Gasteiger partial charge is 0.495 e. The van der Waals surface area contributed by atoms with Crippen molar-refractivity contribution >= 4 is 80.8 Å². The highest BCUT2D eigenvalue weighted by molar-refractivity contribution is 8.27. The summed E-state index contributed by atoms with van der Waals surface area (Å²) in [5, 5.41) is 1.32. The van der Waals surface area contributed by atoms with Gasteiger partial charge in [-0.15, -0.1) is 0 Å². The number of thioether (sulfide) groups is 1. The number of anilines is 1. The number of hydrogen-bond acceptors (Lipinski definition) is 4. The Balaban J connectivity index is 1.98. The molecule has 3 nitrogen and oxygen atoms in total. The smallest absolute Gasteiger partial charge is 0.270 e. The van der Waals surface area contributed by atoms with Crippen LogP contribution in [-0.4, -0.2) is 17.3 Å². The lowest BCUT2D eigenvalue weighted by Gasteiger charge is -2.15. The fourth-order valence-electron chi connectivity index (χ4n) is 2.26. The lowest BCUT2D eigenvalue weighted by Crippen LogP contribution is -2.27. The van der Waals surface area contributed by atoms with Crippen molar-refractivity contribution in [3.8, 4) is 5.75 Å². The molecular formula is C17H10Cl3NO2S2. The molecule has 0 aliphatic carbocycles. The van der Waals surface area contributed by atoms with Crippen LogP contribution in [0.25, 0.3) is 6.08 Å². The monoisotopic (exact) mass is 429 g/mol. The molecule has 0 spiro atoms. The minimum absolute atomic E-state index is 0.257. The van der Waals surface area contributed by atoms with Crippen molar-refractivity contribution in [2.45, 2.75) is 0 Å². The van der Waals surface area contributed by atoms with Crippen molar-refractivity contribution in [3.63, 3.8) is 0 Å². The zero-order chi connectivity index (χ0) is 18.1. The van der Waals surface area contributed by atoms with E-state index in [4.69, 9.17) is 51.8 Å². The standard InChI is InChI=1S/C17H10Cl3NO2S2/c1-23-14-6-5-9(7-13(14)20)21-16(22)15(25-17(21)24)8-10-11(18)3-2-4-12(10)19/h2-8H,1H3/b15-8-. The fraction of sp³-hybridized carbons (Fsp3) is 0.0588. The first-order chi connectivity index (χ1) is 11.9. The number of benzene rings is 2. The molecule has 0 atom stereocenters. The van der Waals surface area contributed by atoms with Gasteiger partial charge in [-0.25, -0.2) is 0 Å². The molecule has 0 saturated carbocycles. The molecule has 1 aliphatic rings. The number of methoxy groups -OCH3 is 1. The molecule has 0 N–H and O–H groups in total. The van der Waals surface area contributed by atoms with Gasteiger partial charge in [-0.1, -0.05) is 64.8 Å². The average molecular weight is 431 g/mol. The number of nitrogens with zero attached hydrogens (tertiary/aromatic N) is 1. The van der Waals surface area contributed by atoms with Crippen LogP contribution in [0.1, 0.15) is 5.56 Å². The summed E-state index contributed by atoms with van der Waals surface area (Å²) < 4.78 is 5.53. The van der Waals surface area contributed by atoms with Gasteiger partial charge in [0, 0.05) is 15.6 Å². The lowest BCUT2D eigenvalue weighted by molar-refractivity contribution is -0.113. The van der Waals surface area contributed by atoms with Crippen LogP contribution in [-0.2, 0) is 4.79 Å². The molecule has 1 heterocycles. The van der Waals surface area contributed by atoms with Gasteiger partial charge in [-0.05, 0) is 36.4 Å². The summed E-state index contributed by atoms with van der Waals surface area (Å²) in [6, 6.07) is 10.2. The molecule has 1 amide bonds. The SMILES string of the molecule is COc1ccc(N2C(=O)/C(=C/c3c(Cl)cccc3Cl)SC2=S)cc1Cl. The van der Waals surface area contributed by atoms with Gasteiger partial charge in [0.25, 0.3) is 5.91 Å². The maximum absolute atomic E-state index is 12.8. The first-order valence-corrected chi connectivity index (χ1v) is 9.33. The van der Waals surface area contributed by atoms with E-state index in [0.717, 1.165) is 0 Å². The zero-order valence-corrected chi connectivity index (χ0v) is 16.7. The Hall–Kier alpha value is -1.24. The zero-order valence-electron chi connectivity index (χ0n) is 12.8. The first kappa shape index (κ1) is 18.5. The number of amides is 1. The van der Waals surface area contributed by atoms with Crippen LogP contribution in [0.4, 0.5) is 5.69 Å². The summed E-state index contributed by atoms with van der Waals surface area (Å²) in [4.78, 5) is 14.7. The van der Waals surface area contributed by atoms with Crippen molar-refractivity contribution in [2.75, 3.05) is 12.0 Å². The van der Waals surface area contributed by atoms with Crippen LogP contribution in [0.5, 0.6) is 5.75 Å². The number of halogens is 3. The van der Waals surface area contributed by atoms with Crippen LogP contribution in [0, 0.1) is 0 Å². The quantitative estimate of drug-likeness (QED) is 0.437. The predicted molar refractivity (Wildman–Crippen MR) is 110 cm³/mol. The van der Waals surface area contributed by atoms with E-state index < -0.39 is 0 Å². The molecule has 2 aromatic rings. The van der Waals surface area contributed by atoms with Gasteiger partial charge < -0.3 is 4.74 Å². The molecule has 128 valence electrons. The summed E-state index contributed by atoms with van der Waals surface area (Å²) >= 11 is 25.0. The van der Waals surface area contributed by atoms with Crippen LogP contribution in [0.15, 0.2) is 41.3 Å². The van der Waals surface area contributed by atoms with E-state index in [9.17, 15) is 4.79 Å². The summed E-state index contributed by atoms with van der Waals surface area (Å²) in [6.45, 7) is 0. The van der Waals surface area contributed by atoms with Crippen LogP contribution in [0.3, 0.4) is 0 Å². The number of carbonyl (C=O) groups is 1. The third kappa shape index (κ3) is 3.66. The van der Waals surface area contributed by atoms with E-state index in [0.29, 0.717) is 41.3 Å². The van der Waals surface area contributed by atoms with E-state index in [-0.39, 0.29) is 5.91 Å². The topological polar surface area (TPSA) is 29.5 Å². The number of rotatable bonds is 3. The second-order valence-corrected chi connectivity index (χ2v) is 7.87. The predicted octanol–water partition coefficient (Wildman–Crippen LogP) is 6.06. The summed E-state index contributed by atoms with van der Waals surface area (Å²) in [7, 11) is 1.52. The summed E-state index contributed by atoms with van der Waals surface area (Å²) in [5.41, 5.74) is 1.15. The third-order valence-electron chi connectivity index (χ3n) is 3.46. The van der Waals surface area contributed by atoms with E-state index in [1.807, 2.05) is 0 Å². The fourth-order valence-corrected chi connectivity index (χ4v) is 4.30. The minimum atomic E-state index is -0.257. The Morgan fingerprint density at radius 2 is 1.80 bits per heavy atom. The molecule has 0 bridgehead atoms. The Morgan fingerprint density at radius 1 is 1.12 bits per heavy atom. The maximum atomic E-state index is 12.8. The maximum Gasteiger partial charge on any atom is 0.270 e. The van der Waals surface area contributed by atoms with Crippen molar-refractivity contribution in [3.05, 3.63) is 61.9 Å². The van der Waals surface area contributed by atoms with Crippen molar-refractivity contribution in [2.24, 2.45) is 0 Å². The van der Waals surface area contributed by atoms with Gasteiger partial charge in [0.15, 0.2) is 4.32 Å². The van der Waals surface area contributed by atoms with Crippen molar-refractivity contribution < 1.29 is 9.53 Å². The highest BCUT2D eigenvalue weighted by Gasteiger charge is 2.34. The summed E-state index contributed by atoms with van der Waals surface area (Å²) in [6.07, 6.45) is 1.65. The molecule has 1 saturated heterocycles. The Kier molecular flexibility index (Phi) is 5.61. The summed E-state index contributed by atoms with van der Waals surface area (Å²) in [5.74, 6) is 0.265. The third-order valence-corrected chi connectivity index (χ3v) is 5.72. The van der Waals surface area contributed by atoms with Gasteiger partial charge in [0.1, 0.15) is 5.75 Å². The van der Waals surface area contributed by atoms with Gasteiger partial charge in [0.2, 0.25) is 0 Å². The second-order valence-electron chi connectivity index (χ2n) is 4.97. The van der Waals surface area contributed by atoms with Crippen molar-refractivity contribution in [1.29, 1.82) is 0 Å². The second kappa shape index (κ2) is 7.56. The molecular weight excluding hydrogens is 421 g/mol. The number of thiocarbonyl (C=S) groups is 1. The number of ether oxygens (including phenoxy) is 1. The molecule has 0 radical (unpaired) electrons. The molecule has 0 unspecified atom stereocenters. The lowest BCUT2D eigenvalue weighted by atomic mass is 10.2. The molecule has 3 rings (SSSR count). The van der Waals surface area contributed by atoms with Crippen molar-refractivity contribution in [1.82, 2.24) is 0 Å². The molecule has 8 heteroatoms. The number of carbonyl (C=O) groups excluding carboxylic acids is 1. The highest BCUT2D eigenvalue weighted by atomic mass is 35.5. The molecule has 1 fully saturated rings. The Bertz CT molecular complexity index is 895. The Morgan fingerprint density at radius 3 is 2.40 bits per heavy atom. The first-order valence-electron chi connectivity index (χ1n) is 6.98. The molecule has 25 heavy (non-hydrogen) atoms.